The first kappa shape index (κ1) is 17.9. The second kappa shape index (κ2) is 8.45. The fourth-order valence-electron chi connectivity index (χ4n) is 2.85. The molecule has 0 aliphatic rings. The predicted octanol–water partition coefficient (Wildman–Crippen LogP) is 4.96. The van der Waals surface area contributed by atoms with Crippen molar-refractivity contribution in [3.8, 4) is 0 Å². The minimum absolute atomic E-state index is 0.236. The van der Waals surface area contributed by atoms with Crippen molar-refractivity contribution in [2.45, 2.75) is 6.54 Å². The molecule has 28 heavy (non-hydrogen) atoms. The van der Waals surface area contributed by atoms with Crippen molar-refractivity contribution in [2.75, 3.05) is 10.6 Å². The number of carbonyl (C=O) groups excluding carboxylic acids is 1. The van der Waals surface area contributed by atoms with E-state index in [9.17, 15) is 4.79 Å². The molecule has 1 heterocycles. The summed E-state index contributed by atoms with van der Waals surface area (Å²) in [6.07, 6.45) is 3.25. The van der Waals surface area contributed by atoms with Gasteiger partial charge in [-0.05, 0) is 28.0 Å². The van der Waals surface area contributed by atoms with Crippen molar-refractivity contribution in [3.05, 3.63) is 90.0 Å². The summed E-state index contributed by atoms with van der Waals surface area (Å²) in [4.78, 5) is 12.0. The van der Waals surface area contributed by atoms with Gasteiger partial charge in [-0.2, -0.15) is 0 Å². The van der Waals surface area contributed by atoms with Crippen LogP contribution in [0.15, 0.2) is 78.9 Å². The summed E-state index contributed by atoms with van der Waals surface area (Å²) >= 11 is 1.31. The molecule has 4 rings (SSSR count). The topological polar surface area (TPSA) is 66.9 Å². The van der Waals surface area contributed by atoms with E-state index in [1.807, 2.05) is 48.5 Å². The predicted molar refractivity (Wildman–Crippen MR) is 115 cm³/mol. The van der Waals surface area contributed by atoms with E-state index >= 15 is 0 Å². The molecule has 0 unspecified atom stereocenters. The number of rotatable bonds is 6. The van der Waals surface area contributed by atoms with Crippen LogP contribution in [0.5, 0.6) is 0 Å². The van der Waals surface area contributed by atoms with Gasteiger partial charge < -0.3 is 5.32 Å². The van der Waals surface area contributed by atoms with E-state index in [4.69, 9.17) is 0 Å². The zero-order valence-corrected chi connectivity index (χ0v) is 15.8. The Labute approximate surface area is 166 Å². The highest BCUT2D eigenvalue weighted by Crippen LogP contribution is 2.23. The van der Waals surface area contributed by atoms with Crippen molar-refractivity contribution in [1.29, 1.82) is 0 Å². The molecule has 3 aromatic carbocycles. The fraction of sp³-hybridized carbons (Fsp3) is 0.0455. The summed E-state index contributed by atoms with van der Waals surface area (Å²) in [6.45, 7) is 0.637. The molecule has 0 bridgehead atoms. The summed E-state index contributed by atoms with van der Waals surface area (Å²) in [5.41, 5.74) is 2.15. The second-order valence-electron chi connectivity index (χ2n) is 6.14. The maximum atomic E-state index is 12.0. The van der Waals surface area contributed by atoms with Crippen LogP contribution in [0.3, 0.4) is 0 Å². The van der Waals surface area contributed by atoms with Gasteiger partial charge in [0.2, 0.25) is 16.2 Å². The normalized spacial score (nSPS) is 11.0. The molecule has 0 saturated heterocycles. The van der Waals surface area contributed by atoms with Gasteiger partial charge >= 0.3 is 0 Å². The van der Waals surface area contributed by atoms with Gasteiger partial charge in [-0.1, -0.05) is 84.1 Å². The van der Waals surface area contributed by atoms with Gasteiger partial charge in [0.05, 0.1) is 0 Å². The van der Waals surface area contributed by atoms with E-state index in [0.717, 1.165) is 5.56 Å². The number of hydrogen-bond donors (Lipinski definition) is 2. The van der Waals surface area contributed by atoms with E-state index in [-0.39, 0.29) is 5.91 Å². The number of anilines is 2. The lowest BCUT2D eigenvalue weighted by Gasteiger charge is -2.06. The highest BCUT2D eigenvalue weighted by molar-refractivity contribution is 7.19. The molecule has 0 spiro atoms. The SMILES string of the molecule is O=C(C=Cc1ccccc1)Nc1nnc(NCc2cccc3ccccc23)s1. The third kappa shape index (κ3) is 4.42. The van der Waals surface area contributed by atoms with Crippen LogP contribution in [-0.4, -0.2) is 16.1 Å². The Morgan fingerprint density at radius 2 is 1.64 bits per heavy atom. The van der Waals surface area contributed by atoms with Crippen molar-refractivity contribution >= 4 is 44.4 Å². The summed E-state index contributed by atoms with van der Waals surface area (Å²) in [6, 6.07) is 24.2. The molecule has 0 saturated carbocycles. The third-order valence-electron chi connectivity index (χ3n) is 4.19. The molecule has 0 aliphatic heterocycles. The van der Waals surface area contributed by atoms with Gasteiger partial charge in [-0.25, -0.2) is 0 Å². The number of nitrogens with one attached hydrogen (secondary N) is 2. The molecule has 6 heteroatoms. The number of benzene rings is 3. The standard InChI is InChI=1S/C22H18N4OS/c27-20(14-13-16-7-2-1-3-8-16)24-22-26-25-21(28-22)23-15-18-11-6-10-17-9-4-5-12-19(17)18/h1-14H,15H2,(H,23,25)(H,24,26,27). The highest BCUT2D eigenvalue weighted by atomic mass is 32.1. The van der Waals surface area contributed by atoms with Crippen LogP contribution in [0.25, 0.3) is 16.8 Å². The van der Waals surface area contributed by atoms with Crippen LogP contribution in [0, 0.1) is 0 Å². The highest BCUT2D eigenvalue weighted by Gasteiger charge is 2.07. The molecular formula is C22H18N4OS. The van der Waals surface area contributed by atoms with E-state index in [0.29, 0.717) is 16.8 Å². The molecule has 2 N–H and O–H groups in total. The fourth-order valence-corrected chi connectivity index (χ4v) is 3.49. The van der Waals surface area contributed by atoms with E-state index in [1.54, 1.807) is 6.08 Å². The maximum absolute atomic E-state index is 12.0. The van der Waals surface area contributed by atoms with Crippen molar-refractivity contribution in [1.82, 2.24) is 10.2 Å². The molecule has 1 amide bonds. The first-order chi connectivity index (χ1) is 13.8. The quantitative estimate of drug-likeness (QED) is 0.460. The van der Waals surface area contributed by atoms with Gasteiger partial charge in [0.25, 0.3) is 0 Å². The third-order valence-corrected chi connectivity index (χ3v) is 4.99. The minimum atomic E-state index is -0.236. The first-order valence-corrected chi connectivity index (χ1v) is 9.68. The van der Waals surface area contributed by atoms with Crippen LogP contribution in [0.2, 0.25) is 0 Å². The van der Waals surface area contributed by atoms with E-state index < -0.39 is 0 Å². The number of aromatic nitrogens is 2. The maximum Gasteiger partial charge on any atom is 0.250 e. The van der Waals surface area contributed by atoms with Gasteiger partial charge in [0, 0.05) is 12.6 Å². The summed E-state index contributed by atoms with van der Waals surface area (Å²) in [7, 11) is 0. The van der Waals surface area contributed by atoms with Crippen molar-refractivity contribution < 1.29 is 4.79 Å². The van der Waals surface area contributed by atoms with Crippen LogP contribution < -0.4 is 10.6 Å². The monoisotopic (exact) mass is 386 g/mol. The Kier molecular flexibility index (Phi) is 5.40. The number of hydrogen-bond acceptors (Lipinski definition) is 5. The number of amides is 1. The van der Waals surface area contributed by atoms with Crippen molar-refractivity contribution in [2.24, 2.45) is 0 Å². The van der Waals surface area contributed by atoms with Gasteiger partial charge in [0.15, 0.2) is 0 Å². The smallest absolute Gasteiger partial charge is 0.250 e. The van der Waals surface area contributed by atoms with Crippen LogP contribution in [0.4, 0.5) is 10.3 Å². The largest absolute Gasteiger partial charge is 0.356 e. The summed E-state index contributed by atoms with van der Waals surface area (Å²) in [5.74, 6) is -0.236. The zero-order valence-electron chi connectivity index (χ0n) is 15.0. The van der Waals surface area contributed by atoms with Crippen molar-refractivity contribution in [3.63, 3.8) is 0 Å². The molecule has 0 atom stereocenters. The zero-order chi connectivity index (χ0) is 19.2. The second-order valence-corrected chi connectivity index (χ2v) is 7.11. The lowest BCUT2D eigenvalue weighted by atomic mass is 10.0. The van der Waals surface area contributed by atoms with Crippen LogP contribution in [-0.2, 0) is 11.3 Å². The van der Waals surface area contributed by atoms with Gasteiger partial charge in [-0.15, -0.1) is 10.2 Å². The Morgan fingerprint density at radius 3 is 2.54 bits per heavy atom. The molecule has 138 valence electrons. The lowest BCUT2D eigenvalue weighted by Crippen LogP contribution is -2.07. The molecule has 0 radical (unpaired) electrons. The Balaban J connectivity index is 1.36. The molecular weight excluding hydrogens is 368 g/mol. The van der Waals surface area contributed by atoms with E-state index in [1.165, 1.54) is 33.7 Å². The van der Waals surface area contributed by atoms with Gasteiger partial charge in [-0.3, -0.25) is 10.1 Å². The molecule has 5 nitrogen and oxygen atoms in total. The molecule has 0 aliphatic carbocycles. The first-order valence-electron chi connectivity index (χ1n) is 8.86. The average molecular weight is 386 g/mol. The van der Waals surface area contributed by atoms with Gasteiger partial charge in [0.1, 0.15) is 0 Å². The minimum Gasteiger partial charge on any atom is -0.356 e. The number of nitrogens with zero attached hydrogens (tertiary/aromatic N) is 2. The van der Waals surface area contributed by atoms with E-state index in [2.05, 4.69) is 45.1 Å². The van der Waals surface area contributed by atoms with Crippen LogP contribution in [0.1, 0.15) is 11.1 Å². The number of carbonyl (C=O) groups is 1. The molecule has 4 aromatic rings. The summed E-state index contributed by atoms with van der Waals surface area (Å²) < 4.78 is 0. The summed E-state index contributed by atoms with van der Waals surface area (Å²) in [5, 5.41) is 17.7. The Morgan fingerprint density at radius 1 is 0.893 bits per heavy atom. The van der Waals surface area contributed by atoms with Crippen LogP contribution >= 0.6 is 11.3 Å². The average Bonchev–Trinajstić information content (AvgIpc) is 3.18. The Hall–Kier alpha value is -3.51. The molecule has 0 fully saturated rings. The Bertz CT molecular complexity index is 1120. The molecule has 1 aromatic heterocycles. The number of fused-ring (bicyclic) bond motifs is 1. The lowest BCUT2D eigenvalue weighted by molar-refractivity contribution is -0.111.